The lowest BCUT2D eigenvalue weighted by Crippen LogP contribution is -2.51. The summed E-state index contributed by atoms with van der Waals surface area (Å²) in [6.45, 7) is 5.09. The maximum atomic E-state index is 12.7. The van der Waals surface area contributed by atoms with E-state index in [4.69, 9.17) is 10.5 Å². The molecule has 0 aliphatic carbocycles. The van der Waals surface area contributed by atoms with Crippen molar-refractivity contribution in [1.82, 2.24) is 10.2 Å². The van der Waals surface area contributed by atoms with E-state index < -0.39 is 18.1 Å². The zero-order valence-electron chi connectivity index (χ0n) is 17.6. The summed E-state index contributed by atoms with van der Waals surface area (Å²) in [7, 11) is 1.32. The van der Waals surface area contributed by atoms with Gasteiger partial charge in [-0.2, -0.15) is 0 Å². The van der Waals surface area contributed by atoms with Gasteiger partial charge in [-0.05, 0) is 30.7 Å². The predicted molar refractivity (Wildman–Crippen MR) is 111 cm³/mol. The minimum absolute atomic E-state index is 0.0472. The Hall–Kier alpha value is -2.41. The SMILES string of the molecule is COC(=O)C(Cc1ccccc1)NC(=O)C1CCN(C(=O)C(N)CC(C)C)CC1. The number of likely N-dealkylation sites (tertiary alicyclic amines) is 1. The number of esters is 1. The molecule has 1 saturated heterocycles. The van der Waals surface area contributed by atoms with Gasteiger partial charge < -0.3 is 20.7 Å². The lowest BCUT2D eigenvalue weighted by Gasteiger charge is -2.33. The van der Waals surface area contributed by atoms with E-state index in [1.807, 2.05) is 44.2 Å². The Labute approximate surface area is 173 Å². The van der Waals surface area contributed by atoms with Crippen molar-refractivity contribution in [3.63, 3.8) is 0 Å². The van der Waals surface area contributed by atoms with E-state index in [0.29, 0.717) is 44.7 Å². The highest BCUT2D eigenvalue weighted by molar-refractivity contribution is 5.86. The van der Waals surface area contributed by atoms with E-state index in [0.717, 1.165) is 5.56 Å². The Balaban J connectivity index is 1.89. The smallest absolute Gasteiger partial charge is 0.328 e. The molecule has 29 heavy (non-hydrogen) atoms. The van der Waals surface area contributed by atoms with Crippen LogP contribution in [0.3, 0.4) is 0 Å². The van der Waals surface area contributed by atoms with Crippen LogP contribution >= 0.6 is 0 Å². The summed E-state index contributed by atoms with van der Waals surface area (Å²) in [4.78, 5) is 39.1. The van der Waals surface area contributed by atoms with Crippen molar-refractivity contribution in [2.45, 2.75) is 51.6 Å². The minimum atomic E-state index is -0.728. The van der Waals surface area contributed by atoms with Gasteiger partial charge in [0.2, 0.25) is 11.8 Å². The van der Waals surface area contributed by atoms with Crippen LogP contribution in [0.25, 0.3) is 0 Å². The fraction of sp³-hybridized carbons (Fsp3) is 0.591. The van der Waals surface area contributed by atoms with Gasteiger partial charge in [-0.25, -0.2) is 4.79 Å². The van der Waals surface area contributed by atoms with Crippen molar-refractivity contribution >= 4 is 17.8 Å². The molecule has 0 bridgehead atoms. The molecule has 3 N–H and O–H groups in total. The quantitative estimate of drug-likeness (QED) is 0.641. The Morgan fingerprint density at radius 2 is 1.79 bits per heavy atom. The first-order chi connectivity index (χ1) is 13.8. The monoisotopic (exact) mass is 403 g/mol. The van der Waals surface area contributed by atoms with Crippen LogP contribution in [0.2, 0.25) is 0 Å². The number of carbonyl (C=O) groups is 3. The Bertz CT molecular complexity index is 685. The third kappa shape index (κ3) is 6.85. The minimum Gasteiger partial charge on any atom is -0.467 e. The Kier molecular flexibility index (Phi) is 8.64. The second-order valence-corrected chi connectivity index (χ2v) is 8.11. The van der Waals surface area contributed by atoms with Gasteiger partial charge in [0.05, 0.1) is 13.2 Å². The van der Waals surface area contributed by atoms with Gasteiger partial charge >= 0.3 is 5.97 Å². The summed E-state index contributed by atoms with van der Waals surface area (Å²) in [6.07, 6.45) is 2.15. The van der Waals surface area contributed by atoms with E-state index in [9.17, 15) is 14.4 Å². The Morgan fingerprint density at radius 3 is 2.34 bits per heavy atom. The molecule has 1 aliphatic rings. The second-order valence-electron chi connectivity index (χ2n) is 8.11. The van der Waals surface area contributed by atoms with Crippen molar-refractivity contribution in [2.75, 3.05) is 20.2 Å². The Morgan fingerprint density at radius 1 is 1.17 bits per heavy atom. The number of methoxy groups -OCH3 is 1. The molecule has 0 radical (unpaired) electrons. The fourth-order valence-corrected chi connectivity index (χ4v) is 3.68. The predicted octanol–water partition coefficient (Wildman–Crippen LogP) is 1.50. The summed E-state index contributed by atoms with van der Waals surface area (Å²) in [5.41, 5.74) is 6.96. The van der Waals surface area contributed by atoms with Crippen LogP contribution in [-0.2, 0) is 25.5 Å². The van der Waals surface area contributed by atoms with Crippen molar-refractivity contribution in [3.8, 4) is 0 Å². The zero-order valence-corrected chi connectivity index (χ0v) is 17.6. The highest BCUT2D eigenvalue weighted by Gasteiger charge is 2.32. The molecular weight excluding hydrogens is 370 g/mol. The number of ether oxygens (including phenoxy) is 1. The van der Waals surface area contributed by atoms with Crippen LogP contribution < -0.4 is 11.1 Å². The van der Waals surface area contributed by atoms with Crippen LogP contribution in [0, 0.1) is 11.8 Å². The molecule has 1 aromatic rings. The van der Waals surface area contributed by atoms with E-state index in [1.54, 1.807) is 4.90 Å². The first kappa shape index (κ1) is 22.9. The van der Waals surface area contributed by atoms with Crippen LogP contribution in [-0.4, -0.2) is 55.0 Å². The van der Waals surface area contributed by atoms with E-state index in [-0.39, 0.29) is 17.7 Å². The number of amides is 2. The maximum absolute atomic E-state index is 12.7. The summed E-state index contributed by atoms with van der Waals surface area (Å²) in [5, 5.41) is 2.84. The molecule has 7 nitrogen and oxygen atoms in total. The summed E-state index contributed by atoms with van der Waals surface area (Å²) in [6, 6.07) is 8.28. The molecule has 1 aromatic carbocycles. The topological polar surface area (TPSA) is 102 Å². The van der Waals surface area contributed by atoms with Gasteiger partial charge in [-0.15, -0.1) is 0 Å². The standard InChI is InChI=1S/C22H33N3O4/c1-15(2)13-18(23)21(27)25-11-9-17(10-12-25)20(26)24-19(22(28)29-3)14-16-7-5-4-6-8-16/h4-8,15,17-19H,9-14,23H2,1-3H3,(H,24,26). The number of nitrogens with two attached hydrogens (primary N) is 1. The van der Waals surface area contributed by atoms with E-state index >= 15 is 0 Å². The van der Waals surface area contributed by atoms with Gasteiger partial charge in [0.25, 0.3) is 0 Å². The third-order valence-corrected chi connectivity index (χ3v) is 5.30. The molecule has 0 aromatic heterocycles. The molecule has 0 saturated carbocycles. The number of benzene rings is 1. The zero-order chi connectivity index (χ0) is 21.4. The first-order valence-electron chi connectivity index (χ1n) is 10.3. The van der Waals surface area contributed by atoms with Crippen LogP contribution in [0.4, 0.5) is 0 Å². The molecule has 1 heterocycles. The highest BCUT2D eigenvalue weighted by atomic mass is 16.5. The van der Waals surface area contributed by atoms with Gasteiger partial charge in [-0.3, -0.25) is 9.59 Å². The number of nitrogens with one attached hydrogen (secondary N) is 1. The fourth-order valence-electron chi connectivity index (χ4n) is 3.68. The van der Waals surface area contributed by atoms with Crippen LogP contribution in [0.5, 0.6) is 0 Å². The molecule has 2 rings (SSSR count). The number of carbonyl (C=O) groups excluding carboxylic acids is 3. The van der Waals surface area contributed by atoms with Gasteiger partial charge in [-0.1, -0.05) is 44.2 Å². The number of rotatable bonds is 8. The van der Waals surface area contributed by atoms with Gasteiger partial charge in [0.15, 0.2) is 0 Å². The number of hydrogen-bond donors (Lipinski definition) is 2. The molecule has 2 atom stereocenters. The molecule has 1 aliphatic heterocycles. The van der Waals surface area contributed by atoms with Gasteiger partial charge in [0.1, 0.15) is 6.04 Å². The van der Waals surface area contributed by atoms with E-state index in [1.165, 1.54) is 7.11 Å². The summed E-state index contributed by atoms with van der Waals surface area (Å²) >= 11 is 0. The molecule has 2 unspecified atom stereocenters. The molecule has 160 valence electrons. The molecule has 7 heteroatoms. The maximum Gasteiger partial charge on any atom is 0.328 e. The molecule has 0 spiro atoms. The van der Waals surface area contributed by atoms with Crippen LogP contribution in [0.15, 0.2) is 30.3 Å². The van der Waals surface area contributed by atoms with Crippen LogP contribution in [0.1, 0.15) is 38.7 Å². The number of piperidine rings is 1. The lowest BCUT2D eigenvalue weighted by atomic mass is 9.94. The third-order valence-electron chi connectivity index (χ3n) is 5.30. The second kappa shape index (κ2) is 11.0. The average molecular weight is 404 g/mol. The van der Waals surface area contributed by atoms with Crippen molar-refractivity contribution < 1.29 is 19.1 Å². The first-order valence-corrected chi connectivity index (χ1v) is 10.3. The van der Waals surface area contributed by atoms with Crippen molar-refractivity contribution in [2.24, 2.45) is 17.6 Å². The normalized spacial score (nSPS) is 16.9. The summed E-state index contributed by atoms with van der Waals surface area (Å²) < 4.78 is 4.86. The number of hydrogen-bond acceptors (Lipinski definition) is 5. The van der Waals surface area contributed by atoms with Gasteiger partial charge in [0, 0.05) is 25.4 Å². The summed E-state index contributed by atoms with van der Waals surface area (Å²) in [5.74, 6) is -0.557. The average Bonchev–Trinajstić information content (AvgIpc) is 2.72. The lowest BCUT2D eigenvalue weighted by molar-refractivity contribution is -0.146. The van der Waals surface area contributed by atoms with Crippen molar-refractivity contribution in [1.29, 1.82) is 0 Å². The largest absolute Gasteiger partial charge is 0.467 e. The highest BCUT2D eigenvalue weighted by Crippen LogP contribution is 2.19. The number of nitrogens with zero attached hydrogens (tertiary/aromatic N) is 1. The molecule has 2 amide bonds. The van der Waals surface area contributed by atoms with E-state index in [2.05, 4.69) is 5.32 Å². The molecule has 1 fully saturated rings. The van der Waals surface area contributed by atoms with Crippen molar-refractivity contribution in [3.05, 3.63) is 35.9 Å². The molecular formula is C22H33N3O4.